The molecule has 0 bridgehead atoms. The Bertz CT molecular complexity index is 328. The lowest BCUT2D eigenvalue weighted by molar-refractivity contribution is 0.113. The maximum Gasteiger partial charge on any atom is 0.129 e. The molecule has 0 aliphatic carbocycles. The molecule has 2 unspecified atom stereocenters. The molecule has 1 aromatic rings. The van der Waals surface area contributed by atoms with Gasteiger partial charge in [-0.05, 0) is 37.9 Å². The van der Waals surface area contributed by atoms with Crippen LogP contribution in [0.1, 0.15) is 18.9 Å². The van der Waals surface area contributed by atoms with Gasteiger partial charge in [0.1, 0.15) is 5.15 Å². The molecule has 0 amide bonds. The minimum atomic E-state index is 0.336. The first-order valence-corrected chi connectivity index (χ1v) is 6.09. The summed E-state index contributed by atoms with van der Waals surface area (Å²) in [5.41, 5.74) is 1.21. The number of aromatic nitrogens is 1. The van der Waals surface area contributed by atoms with Crippen molar-refractivity contribution in [1.82, 2.24) is 10.3 Å². The quantitative estimate of drug-likeness (QED) is 0.818. The maximum atomic E-state index is 5.73. The Kier molecular flexibility index (Phi) is 4.16. The van der Waals surface area contributed by atoms with E-state index in [2.05, 4.69) is 17.2 Å². The third kappa shape index (κ3) is 3.17. The van der Waals surface area contributed by atoms with Gasteiger partial charge < -0.3 is 10.1 Å². The van der Waals surface area contributed by atoms with Crippen LogP contribution in [0.4, 0.5) is 0 Å². The molecule has 1 saturated heterocycles. The molecule has 1 N–H and O–H groups in total. The van der Waals surface area contributed by atoms with Crippen LogP contribution in [0, 0.1) is 0 Å². The van der Waals surface area contributed by atoms with Gasteiger partial charge >= 0.3 is 0 Å². The number of hydrogen-bond acceptors (Lipinski definition) is 3. The largest absolute Gasteiger partial charge is 0.377 e. The summed E-state index contributed by atoms with van der Waals surface area (Å²) in [4.78, 5) is 4.06. The van der Waals surface area contributed by atoms with Gasteiger partial charge in [0.15, 0.2) is 0 Å². The van der Waals surface area contributed by atoms with Crippen molar-refractivity contribution in [2.45, 2.75) is 31.9 Å². The summed E-state index contributed by atoms with van der Waals surface area (Å²) in [5, 5.41) is 4.06. The van der Waals surface area contributed by atoms with E-state index in [1.54, 1.807) is 0 Å². The van der Waals surface area contributed by atoms with Crippen LogP contribution in [-0.2, 0) is 11.2 Å². The van der Waals surface area contributed by atoms with Gasteiger partial charge in [0.25, 0.3) is 0 Å². The highest BCUT2D eigenvalue weighted by atomic mass is 35.5. The molecule has 2 atom stereocenters. The summed E-state index contributed by atoms with van der Waals surface area (Å²) in [6, 6.07) is 4.35. The van der Waals surface area contributed by atoms with Crippen LogP contribution < -0.4 is 5.32 Å². The molecule has 16 heavy (non-hydrogen) atoms. The first-order chi connectivity index (χ1) is 7.75. The zero-order chi connectivity index (χ0) is 11.4. The van der Waals surface area contributed by atoms with Crippen molar-refractivity contribution in [2.24, 2.45) is 0 Å². The topological polar surface area (TPSA) is 34.1 Å². The van der Waals surface area contributed by atoms with Crippen LogP contribution >= 0.6 is 11.6 Å². The van der Waals surface area contributed by atoms with E-state index in [-0.39, 0.29) is 0 Å². The molecule has 1 aliphatic heterocycles. The second kappa shape index (κ2) is 5.62. The molecular formula is C12H17ClN2O. The van der Waals surface area contributed by atoms with Crippen LogP contribution in [-0.4, -0.2) is 30.3 Å². The van der Waals surface area contributed by atoms with E-state index in [1.807, 2.05) is 18.3 Å². The Labute approximate surface area is 101 Å². The van der Waals surface area contributed by atoms with E-state index in [9.17, 15) is 0 Å². The fraction of sp³-hybridized carbons (Fsp3) is 0.583. The summed E-state index contributed by atoms with van der Waals surface area (Å²) in [7, 11) is 0. The van der Waals surface area contributed by atoms with Crippen LogP contribution in [0.15, 0.2) is 18.3 Å². The number of ether oxygens (including phenoxy) is 1. The van der Waals surface area contributed by atoms with Crippen LogP contribution in [0.3, 0.4) is 0 Å². The van der Waals surface area contributed by atoms with Gasteiger partial charge in [0.2, 0.25) is 0 Å². The summed E-state index contributed by atoms with van der Waals surface area (Å²) in [6.07, 6.45) is 4.26. The van der Waals surface area contributed by atoms with E-state index >= 15 is 0 Å². The maximum absolute atomic E-state index is 5.73. The first-order valence-electron chi connectivity index (χ1n) is 5.71. The third-order valence-electron chi connectivity index (χ3n) is 2.99. The molecule has 4 heteroatoms. The Morgan fingerprint density at radius 3 is 3.06 bits per heavy atom. The van der Waals surface area contributed by atoms with Gasteiger partial charge in [0.05, 0.1) is 6.10 Å². The molecule has 88 valence electrons. The second-order valence-electron chi connectivity index (χ2n) is 4.16. The van der Waals surface area contributed by atoms with Crippen molar-refractivity contribution < 1.29 is 4.74 Å². The van der Waals surface area contributed by atoms with Gasteiger partial charge in [-0.25, -0.2) is 4.98 Å². The van der Waals surface area contributed by atoms with E-state index in [4.69, 9.17) is 16.3 Å². The van der Waals surface area contributed by atoms with Crippen LogP contribution in [0.25, 0.3) is 0 Å². The fourth-order valence-electron chi connectivity index (χ4n) is 1.96. The molecule has 2 heterocycles. The molecule has 0 saturated carbocycles. The molecular weight excluding hydrogens is 224 g/mol. The zero-order valence-corrected chi connectivity index (χ0v) is 10.2. The average molecular weight is 241 g/mol. The van der Waals surface area contributed by atoms with E-state index < -0.39 is 0 Å². The lowest BCUT2D eigenvalue weighted by Crippen LogP contribution is -2.35. The van der Waals surface area contributed by atoms with Crippen LogP contribution in [0.5, 0.6) is 0 Å². The SMILES string of the molecule is CC1OCCC1NCCc1ccc(Cl)nc1. The number of nitrogens with one attached hydrogen (secondary N) is 1. The lowest BCUT2D eigenvalue weighted by Gasteiger charge is -2.15. The Hall–Kier alpha value is -0.640. The third-order valence-corrected chi connectivity index (χ3v) is 3.21. The smallest absolute Gasteiger partial charge is 0.129 e. The Balaban J connectivity index is 1.73. The normalized spacial score (nSPS) is 24.9. The summed E-state index contributed by atoms with van der Waals surface area (Å²) >= 11 is 5.73. The lowest BCUT2D eigenvalue weighted by atomic mass is 10.1. The van der Waals surface area contributed by atoms with Gasteiger partial charge in [-0.2, -0.15) is 0 Å². The molecule has 0 spiro atoms. The highest BCUT2D eigenvalue weighted by Crippen LogP contribution is 2.12. The minimum Gasteiger partial charge on any atom is -0.377 e. The molecule has 0 aromatic carbocycles. The van der Waals surface area contributed by atoms with Gasteiger partial charge in [-0.15, -0.1) is 0 Å². The number of pyridine rings is 1. The summed E-state index contributed by atoms with van der Waals surface area (Å²) in [5.74, 6) is 0. The van der Waals surface area contributed by atoms with Crippen LogP contribution in [0.2, 0.25) is 5.15 Å². The predicted molar refractivity (Wildman–Crippen MR) is 64.8 cm³/mol. The van der Waals surface area contributed by atoms with Gasteiger partial charge in [-0.1, -0.05) is 17.7 Å². The molecule has 1 aliphatic rings. The van der Waals surface area contributed by atoms with Crippen molar-refractivity contribution in [3.8, 4) is 0 Å². The molecule has 1 aromatic heterocycles. The molecule has 3 nitrogen and oxygen atoms in total. The number of rotatable bonds is 4. The minimum absolute atomic E-state index is 0.336. The van der Waals surface area contributed by atoms with Gasteiger partial charge in [-0.3, -0.25) is 0 Å². The average Bonchev–Trinajstić information content (AvgIpc) is 2.68. The van der Waals surface area contributed by atoms with Gasteiger partial charge in [0, 0.05) is 18.8 Å². The van der Waals surface area contributed by atoms with Crippen molar-refractivity contribution in [1.29, 1.82) is 0 Å². The number of halogens is 1. The second-order valence-corrected chi connectivity index (χ2v) is 4.55. The first kappa shape index (κ1) is 11.8. The van der Waals surface area contributed by atoms with Crippen molar-refractivity contribution in [3.63, 3.8) is 0 Å². The van der Waals surface area contributed by atoms with E-state index in [1.165, 1.54) is 5.56 Å². The summed E-state index contributed by atoms with van der Waals surface area (Å²) in [6.45, 7) is 3.96. The molecule has 0 radical (unpaired) electrons. The van der Waals surface area contributed by atoms with Crippen molar-refractivity contribution >= 4 is 11.6 Å². The van der Waals surface area contributed by atoms with Crippen molar-refractivity contribution in [2.75, 3.05) is 13.2 Å². The number of nitrogens with zero attached hydrogens (tertiary/aromatic N) is 1. The summed E-state index contributed by atoms with van der Waals surface area (Å²) < 4.78 is 5.49. The van der Waals surface area contributed by atoms with Crippen molar-refractivity contribution in [3.05, 3.63) is 29.0 Å². The highest BCUT2D eigenvalue weighted by molar-refractivity contribution is 6.29. The fourth-order valence-corrected chi connectivity index (χ4v) is 2.07. The standard InChI is InChI=1S/C12H17ClN2O/c1-9-11(5-7-16-9)14-6-4-10-2-3-12(13)15-8-10/h2-3,8-9,11,14H,4-7H2,1H3. The Morgan fingerprint density at radius 1 is 1.56 bits per heavy atom. The Morgan fingerprint density at radius 2 is 2.44 bits per heavy atom. The predicted octanol–water partition coefficient (Wildman–Crippen LogP) is 2.04. The highest BCUT2D eigenvalue weighted by Gasteiger charge is 2.22. The molecule has 1 fully saturated rings. The molecule has 2 rings (SSSR count). The van der Waals surface area contributed by atoms with E-state index in [0.29, 0.717) is 17.3 Å². The van der Waals surface area contributed by atoms with E-state index in [0.717, 1.165) is 26.0 Å². The zero-order valence-electron chi connectivity index (χ0n) is 9.45. The number of hydrogen-bond donors (Lipinski definition) is 1. The monoisotopic (exact) mass is 240 g/mol.